The van der Waals surface area contributed by atoms with E-state index < -0.39 is 0 Å². The van der Waals surface area contributed by atoms with Crippen LogP contribution in [0.15, 0.2) is 24.3 Å². The summed E-state index contributed by atoms with van der Waals surface area (Å²) in [5, 5.41) is 5.46. The number of hydrogen-bond acceptors (Lipinski definition) is 2. The van der Waals surface area contributed by atoms with Gasteiger partial charge >= 0.3 is 6.03 Å². The molecule has 1 saturated carbocycles. The molecule has 0 spiro atoms. The van der Waals surface area contributed by atoms with E-state index in [-0.39, 0.29) is 18.0 Å². The second-order valence-electron chi connectivity index (χ2n) is 8.20. The molecule has 0 unspecified atom stereocenters. The number of urea groups is 1. The third-order valence-electron chi connectivity index (χ3n) is 5.80. The summed E-state index contributed by atoms with van der Waals surface area (Å²) in [4.78, 5) is 27.0. The molecule has 1 heterocycles. The first kappa shape index (κ1) is 19.8. The van der Waals surface area contributed by atoms with Crippen molar-refractivity contribution in [2.24, 2.45) is 0 Å². The first-order valence-corrected chi connectivity index (χ1v) is 10.4. The van der Waals surface area contributed by atoms with Crippen LogP contribution in [0.5, 0.6) is 0 Å². The largest absolute Gasteiger partial charge is 0.335 e. The molecule has 2 fully saturated rings. The molecule has 4 N–H and O–H groups in total. The molecule has 3 rings (SSSR count). The van der Waals surface area contributed by atoms with Gasteiger partial charge in [0.05, 0.1) is 0 Å². The highest BCUT2D eigenvalue weighted by Gasteiger charge is 2.26. The van der Waals surface area contributed by atoms with Crippen molar-refractivity contribution in [3.05, 3.63) is 35.4 Å². The molecular weight excluding hydrogens is 340 g/mol. The van der Waals surface area contributed by atoms with Gasteiger partial charge in [-0.1, -0.05) is 49.1 Å². The van der Waals surface area contributed by atoms with Gasteiger partial charge in [0.1, 0.15) is 32.7 Å². The van der Waals surface area contributed by atoms with Gasteiger partial charge in [0.25, 0.3) is 5.91 Å². The third kappa shape index (κ3) is 6.63. The van der Waals surface area contributed by atoms with E-state index >= 15 is 0 Å². The predicted molar refractivity (Wildman–Crippen MR) is 105 cm³/mol. The number of piperazine rings is 1. The Morgan fingerprint density at radius 1 is 1.04 bits per heavy atom. The Labute approximate surface area is 162 Å². The SMILES string of the molecule is Cc1cccc(C[NH+]2CC[NH+](CC(=O)NC(=O)NC3CCCCC3)CC2)c1. The van der Waals surface area contributed by atoms with Crippen LogP contribution in [-0.2, 0) is 11.3 Å². The van der Waals surface area contributed by atoms with Crippen LogP contribution in [0.3, 0.4) is 0 Å². The van der Waals surface area contributed by atoms with Gasteiger partial charge in [-0.05, 0) is 19.8 Å². The van der Waals surface area contributed by atoms with E-state index in [1.165, 1.54) is 22.4 Å². The zero-order valence-electron chi connectivity index (χ0n) is 16.5. The number of hydrogen-bond donors (Lipinski definition) is 4. The summed E-state index contributed by atoms with van der Waals surface area (Å²) in [7, 11) is 0. The molecule has 0 aromatic heterocycles. The van der Waals surface area contributed by atoms with Crippen molar-refractivity contribution in [3.8, 4) is 0 Å². The van der Waals surface area contributed by atoms with Crippen LogP contribution >= 0.6 is 0 Å². The van der Waals surface area contributed by atoms with Gasteiger partial charge in [-0.3, -0.25) is 10.1 Å². The van der Waals surface area contributed by atoms with Crippen molar-refractivity contribution < 1.29 is 19.4 Å². The molecule has 6 heteroatoms. The van der Waals surface area contributed by atoms with Gasteiger partial charge in [-0.25, -0.2) is 4.79 Å². The van der Waals surface area contributed by atoms with Gasteiger partial charge in [0, 0.05) is 11.6 Å². The summed E-state index contributed by atoms with van der Waals surface area (Å²) >= 11 is 0. The molecule has 1 saturated heterocycles. The van der Waals surface area contributed by atoms with E-state index in [2.05, 4.69) is 41.8 Å². The van der Waals surface area contributed by atoms with Gasteiger partial charge in [-0.2, -0.15) is 0 Å². The lowest BCUT2D eigenvalue weighted by Gasteiger charge is -2.29. The number of benzene rings is 1. The summed E-state index contributed by atoms with van der Waals surface area (Å²) in [6, 6.07) is 8.60. The summed E-state index contributed by atoms with van der Waals surface area (Å²) in [5.74, 6) is -0.166. The fourth-order valence-corrected chi connectivity index (χ4v) is 4.29. The molecule has 0 atom stereocenters. The summed E-state index contributed by atoms with van der Waals surface area (Å²) in [6.45, 7) is 7.62. The molecule has 1 aromatic carbocycles. The van der Waals surface area contributed by atoms with Gasteiger partial charge in [-0.15, -0.1) is 0 Å². The second kappa shape index (κ2) is 9.85. The molecule has 3 amide bonds. The molecule has 0 bridgehead atoms. The third-order valence-corrected chi connectivity index (χ3v) is 5.80. The normalized spacial score (nSPS) is 23.6. The Kier molecular flexibility index (Phi) is 7.24. The van der Waals surface area contributed by atoms with E-state index in [4.69, 9.17) is 0 Å². The smallest absolute Gasteiger partial charge is 0.321 e. The molecule has 2 aliphatic rings. The van der Waals surface area contributed by atoms with Crippen LogP contribution in [0.25, 0.3) is 0 Å². The van der Waals surface area contributed by atoms with Crippen molar-refractivity contribution in [2.45, 2.75) is 51.6 Å². The lowest BCUT2D eigenvalue weighted by atomic mass is 9.96. The van der Waals surface area contributed by atoms with E-state index in [1.54, 1.807) is 4.90 Å². The lowest BCUT2D eigenvalue weighted by molar-refractivity contribution is -1.02. The Morgan fingerprint density at radius 2 is 1.74 bits per heavy atom. The van der Waals surface area contributed by atoms with Crippen molar-refractivity contribution >= 4 is 11.9 Å². The molecule has 0 radical (unpaired) electrons. The molecule has 1 aromatic rings. The quantitative estimate of drug-likeness (QED) is 0.558. The Balaban J connectivity index is 1.34. The molecule has 1 aliphatic heterocycles. The Hall–Kier alpha value is -1.92. The first-order chi connectivity index (χ1) is 13.1. The average Bonchev–Trinajstić information content (AvgIpc) is 2.64. The number of quaternary nitrogens is 2. The van der Waals surface area contributed by atoms with Crippen molar-refractivity contribution in [3.63, 3.8) is 0 Å². The minimum absolute atomic E-state index is 0.166. The van der Waals surface area contributed by atoms with Gasteiger partial charge in [0.2, 0.25) is 0 Å². The summed E-state index contributed by atoms with van der Waals surface area (Å²) in [5.41, 5.74) is 2.69. The molecule has 1 aliphatic carbocycles. The Morgan fingerprint density at radius 3 is 2.44 bits per heavy atom. The van der Waals surface area contributed by atoms with Crippen molar-refractivity contribution in [1.82, 2.24) is 10.6 Å². The van der Waals surface area contributed by atoms with Gasteiger partial charge in [0.15, 0.2) is 6.54 Å². The molecular formula is C21H34N4O2+2. The fraction of sp³-hybridized carbons (Fsp3) is 0.619. The topological polar surface area (TPSA) is 67.1 Å². The summed E-state index contributed by atoms with van der Waals surface area (Å²) in [6.07, 6.45) is 5.63. The maximum atomic E-state index is 12.2. The van der Waals surface area contributed by atoms with Crippen LogP contribution in [-0.4, -0.2) is 50.7 Å². The number of carbonyl (C=O) groups is 2. The average molecular weight is 375 g/mol. The lowest BCUT2D eigenvalue weighted by Crippen LogP contribution is -3.28. The minimum atomic E-state index is -0.324. The minimum Gasteiger partial charge on any atom is -0.335 e. The molecule has 27 heavy (non-hydrogen) atoms. The maximum absolute atomic E-state index is 12.2. The van der Waals surface area contributed by atoms with E-state index in [0.717, 1.165) is 58.4 Å². The highest BCUT2D eigenvalue weighted by molar-refractivity contribution is 5.94. The highest BCUT2D eigenvalue weighted by Crippen LogP contribution is 2.17. The fourth-order valence-electron chi connectivity index (χ4n) is 4.29. The number of aryl methyl sites for hydroxylation is 1. The number of nitrogens with one attached hydrogen (secondary N) is 4. The monoisotopic (exact) mass is 374 g/mol. The van der Waals surface area contributed by atoms with Crippen LogP contribution in [0, 0.1) is 6.92 Å². The summed E-state index contributed by atoms with van der Waals surface area (Å²) < 4.78 is 0. The zero-order valence-corrected chi connectivity index (χ0v) is 16.5. The van der Waals surface area contributed by atoms with Crippen LogP contribution in [0.2, 0.25) is 0 Å². The van der Waals surface area contributed by atoms with Gasteiger partial charge < -0.3 is 15.1 Å². The van der Waals surface area contributed by atoms with Crippen LogP contribution in [0.4, 0.5) is 4.79 Å². The van der Waals surface area contributed by atoms with Crippen molar-refractivity contribution in [1.29, 1.82) is 0 Å². The molecule has 148 valence electrons. The Bertz CT molecular complexity index is 635. The maximum Gasteiger partial charge on any atom is 0.321 e. The van der Waals surface area contributed by atoms with Crippen LogP contribution in [0.1, 0.15) is 43.2 Å². The molecule has 6 nitrogen and oxygen atoms in total. The first-order valence-electron chi connectivity index (χ1n) is 10.4. The van der Waals surface area contributed by atoms with Crippen LogP contribution < -0.4 is 20.4 Å². The standard InChI is InChI=1S/C21H32N4O2/c1-17-6-5-7-18(14-17)15-24-10-12-25(13-11-24)16-20(26)23-21(27)22-19-8-3-2-4-9-19/h5-7,14,19H,2-4,8-13,15-16H2,1H3,(H2,22,23,26,27)/p+2. The number of imide groups is 1. The number of amides is 3. The van der Waals surface area contributed by atoms with E-state index in [1.807, 2.05) is 0 Å². The number of carbonyl (C=O) groups excluding carboxylic acids is 2. The predicted octanol–water partition coefficient (Wildman–Crippen LogP) is -0.563. The van der Waals surface area contributed by atoms with E-state index in [0.29, 0.717) is 6.54 Å². The zero-order chi connectivity index (χ0) is 19.1. The van der Waals surface area contributed by atoms with Crippen molar-refractivity contribution in [2.75, 3.05) is 32.7 Å². The number of rotatable bonds is 5. The highest BCUT2D eigenvalue weighted by atomic mass is 16.2. The van der Waals surface area contributed by atoms with E-state index in [9.17, 15) is 9.59 Å². The second-order valence-corrected chi connectivity index (χ2v) is 8.20.